The number of carbonyl (C=O) groups excluding carboxylic acids is 1. The second kappa shape index (κ2) is 8.38. The van der Waals surface area contributed by atoms with Crippen molar-refractivity contribution in [3.8, 4) is 11.1 Å². The summed E-state index contributed by atoms with van der Waals surface area (Å²) in [5, 5.41) is 10.6. The van der Waals surface area contributed by atoms with E-state index in [0.717, 1.165) is 50.8 Å². The van der Waals surface area contributed by atoms with Crippen molar-refractivity contribution in [1.82, 2.24) is 20.4 Å². The number of likely N-dealkylation sites (tertiary alicyclic amines) is 1. The molecule has 5 rings (SSSR count). The molecule has 3 aromatic rings. The zero-order valence-electron chi connectivity index (χ0n) is 17.4. The first-order chi connectivity index (χ1) is 15.1. The number of hydrogen-bond acceptors (Lipinski definition) is 3. The van der Waals surface area contributed by atoms with Gasteiger partial charge in [0.15, 0.2) is 17.3 Å². The van der Waals surface area contributed by atoms with E-state index < -0.39 is 11.6 Å². The normalized spacial score (nSPS) is 17.6. The standard InChI is InChI=1S/C24H26F2N4O/c25-20-12-15(14-30-9-2-1-3-10-30)11-18(22(20)26)16-7-8-21-19(13-16)23(29-28-21)24(31)27-17-5-4-6-17/h7-8,11-13,17H,1-6,9-10,14H2,(H,27,31)(H,28,29). The molecule has 0 bridgehead atoms. The zero-order chi connectivity index (χ0) is 21.4. The lowest BCUT2D eigenvalue weighted by Gasteiger charge is -2.26. The Kier molecular flexibility index (Phi) is 5.44. The van der Waals surface area contributed by atoms with E-state index in [-0.39, 0.29) is 23.2 Å². The highest BCUT2D eigenvalue weighted by Gasteiger charge is 2.23. The first-order valence-corrected chi connectivity index (χ1v) is 11.1. The lowest BCUT2D eigenvalue weighted by atomic mass is 9.93. The fourth-order valence-electron chi connectivity index (χ4n) is 4.48. The molecule has 2 heterocycles. The number of hydrogen-bond donors (Lipinski definition) is 2. The smallest absolute Gasteiger partial charge is 0.272 e. The van der Waals surface area contributed by atoms with Gasteiger partial charge in [-0.25, -0.2) is 8.78 Å². The summed E-state index contributed by atoms with van der Waals surface area (Å²) < 4.78 is 29.2. The molecule has 5 nitrogen and oxygen atoms in total. The van der Waals surface area contributed by atoms with Gasteiger partial charge in [0.25, 0.3) is 5.91 Å². The molecule has 1 aliphatic carbocycles. The summed E-state index contributed by atoms with van der Waals surface area (Å²) in [7, 11) is 0. The van der Waals surface area contributed by atoms with E-state index in [1.165, 1.54) is 12.5 Å². The van der Waals surface area contributed by atoms with Gasteiger partial charge in [-0.1, -0.05) is 12.5 Å². The number of H-pyrrole nitrogens is 1. The third-order valence-electron chi connectivity index (χ3n) is 6.47. The van der Waals surface area contributed by atoms with Gasteiger partial charge < -0.3 is 5.32 Å². The van der Waals surface area contributed by atoms with Gasteiger partial charge in [0.2, 0.25) is 0 Å². The molecule has 0 atom stereocenters. The minimum absolute atomic E-state index is 0.195. The Balaban J connectivity index is 1.47. The van der Waals surface area contributed by atoms with Crippen LogP contribution in [-0.4, -0.2) is 40.1 Å². The van der Waals surface area contributed by atoms with Crippen molar-refractivity contribution in [2.75, 3.05) is 13.1 Å². The number of aromatic amines is 1. The van der Waals surface area contributed by atoms with Gasteiger partial charge >= 0.3 is 0 Å². The van der Waals surface area contributed by atoms with Gasteiger partial charge in [0, 0.05) is 23.5 Å². The molecular weight excluding hydrogens is 398 g/mol. The van der Waals surface area contributed by atoms with Crippen molar-refractivity contribution in [1.29, 1.82) is 0 Å². The molecule has 2 fully saturated rings. The Bertz CT molecular complexity index is 1120. The Morgan fingerprint density at radius 1 is 1.10 bits per heavy atom. The molecule has 2 N–H and O–H groups in total. The van der Waals surface area contributed by atoms with Crippen LogP contribution in [0.4, 0.5) is 8.78 Å². The highest BCUT2D eigenvalue weighted by Crippen LogP contribution is 2.30. The molecule has 2 aliphatic rings. The minimum atomic E-state index is -0.870. The predicted molar refractivity (Wildman–Crippen MR) is 116 cm³/mol. The second-order valence-electron chi connectivity index (χ2n) is 8.71. The number of nitrogens with zero attached hydrogens (tertiary/aromatic N) is 2. The van der Waals surface area contributed by atoms with Crippen molar-refractivity contribution in [2.45, 2.75) is 51.1 Å². The molecule has 0 spiro atoms. The third kappa shape index (κ3) is 4.06. The maximum absolute atomic E-state index is 14.8. The van der Waals surface area contributed by atoms with Crippen LogP contribution in [0.2, 0.25) is 0 Å². The highest BCUT2D eigenvalue weighted by molar-refractivity contribution is 6.05. The quantitative estimate of drug-likeness (QED) is 0.620. The maximum Gasteiger partial charge on any atom is 0.272 e. The molecule has 1 aliphatic heterocycles. The van der Waals surface area contributed by atoms with Crippen LogP contribution in [0.3, 0.4) is 0 Å². The third-order valence-corrected chi connectivity index (χ3v) is 6.47. The number of carbonyl (C=O) groups is 1. The lowest BCUT2D eigenvalue weighted by Crippen LogP contribution is -2.39. The fourth-order valence-corrected chi connectivity index (χ4v) is 4.48. The zero-order valence-corrected chi connectivity index (χ0v) is 17.4. The number of nitrogens with one attached hydrogen (secondary N) is 2. The van der Waals surface area contributed by atoms with Crippen LogP contribution in [-0.2, 0) is 6.54 Å². The number of halogens is 2. The van der Waals surface area contributed by atoms with E-state index in [1.54, 1.807) is 24.3 Å². The van der Waals surface area contributed by atoms with E-state index >= 15 is 0 Å². The van der Waals surface area contributed by atoms with Crippen molar-refractivity contribution in [2.24, 2.45) is 0 Å². The number of aromatic nitrogens is 2. The summed E-state index contributed by atoms with van der Waals surface area (Å²) in [5.41, 5.74) is 2.47. The van der Waals surface area contributed by atoms with Gasteiger partial charge in [-0.15, -0.1) is 0 Å². The van der Waals surface area contributed by atoms with Gasteiger partial charge in [0.05, 0.1) is 5.52 Å². The second-order valence-corrected chi connectivity index (χ2v) is 8.71. The molecule has 7 heteroatoms. The molecule has 2 aromatic carbocycles. The number of fused-ring (bicyclic) bond motifs is 1. The summed E-state index contributed by atoms with van der Waals surface area (Å²) in [6.07, 6.45) is 6.58. The Hall–Kier alpha value is -2.80. The molecule has 1 saturated heterocycles. The topological polar surface area (TPSA) is 61.0 Å². The average Bonchev–Trinajstić information content (AvgIpc) is 3.17. The van der Waals surface area contributed by atoms with Crippen LogP contribution in [0.1, 0.15) is 54.6 Å². The van der Waals surface area contributed by atoms with Crippen LogP contribution >= 0.6 is 0 Å². The van der Waals surface area contributed by atoms with Crippen molar-refractivity contribution < 1.29 is 13.6 Å². The number of amides is 1. The van der Waals surface area contributed by atoms with Crippen LogP contribution in [0.5, 0.6) is 0 Å². The van der Waals surface area contributed by atoms with Gasteiger partial charge in [0.1, 0.15) is 0 Å². The monoisotopic (exact) mass is 424 g/mol. The van der Waals surface area contributed by atoms with Crippen LogP contribution in [0, 0.1) is 11.6 Å². The summed E-state index contributed by atoms with van der Waals surface area (Å²) >= 11 is 0. The molecule has 1 saturated carbocycles. The molecular formula is C24H26F2N4O. The first kappa shape index (κ1) is 20.1. The Morgan fingerprint density at radius 3 is 2.65 bits per heavy atom. The van der Waals surface area contributed by atoms with Crippen LogP contribution < -0.4 is 5.32 Å². The molecule has 1 aromatic heterocycles. The minimum Gasteiger partial charge on any atom is -0.348 e. The van der Waals surface area contributed by atoms with Crippen LogP contribution in [0.25, 0.3) is 22.0 Å². The Morgan fingerprint density at radius 2 is 1.90 bits per heavy atom. The van der Waals surface area contributed by atoms with Gasteiger partial charge in [-0.05, 0) is 80.6 Å². The van der Waals surface area contributed by atoms with Gasteiger partial charge in [-0.2, -0.15) is 5.10 Å². The maximum atomic E-state index is 14.8. The summed E-state index contributed by atoms with van der Waals surface area (Å²) in [5.74, 6) is -1.95. The molecule has 1 amide bonds. The SMILES string of the molecule is O=C(NC1CCC1)c1n[nH]c2ccc(-c3cc(CN4CCCCC4)cc(F)c3F)cc12. The lowest BCUT2D eigenvalue weighted by molar-refractivity contribution is 0.0913. The summed E-state index contributed by atoms with van der Waals surface area (Å²) in [4.78, 5) is 14.9. The van der Waals surface area contributed by atoms with E-state index in [2.05, 4.69) is 20.4 Å². The van der Waals surface area contributed by atoms with Gasteiger partial charge in [-0.3, -0.25) is 14.8 Å². The molecule has 31 heavy (non-hydrogen) atoms. The first-order valence-electron chi connectivity index (χ1n) is 11.1. The van der Waals surface area contributed by atoms with Crippen LogP contribution in [0.15, 0.2) is 30.3 Å². The number of piperidine rings is 1. The van der Waals surface area contributed by atoms with E-state index in [1.807, 2.05) is 0 Å². The highest BCUT2D eigenvalue weighted by atomic mass is 19.2. The molecule has 0 radical (unpaired) electrons. The van der Waals surface area contributed by atoms with E-state index in [9.17, 15) is 13.6 Å². The van der Waals surface area contributed by atoms with Crippen molar-refractivity contribution in [3.63, 3.8) is 0 Å². The molecule has 0 unspecified atom stereocenters. The number of rotatable bonds is 5. The van der Waals surface area contributed by atoms with E-state index in [0.29, 0.717) is 23.0 Å². The predicted octanol–water partition coefficient (Wildman–Crippen LogP) is 4.78. The fraction of sp³-hybridized carbons (Fsp3) is 0.417. The Labute approximate surface area is 179 Å². The van der Waals surface area contributed by atoms with Crippen molar-refractivity contribution >= 4 is 16.8 Å². The average molecular weight is 424 g/mol. The van der Waals surface area contributed by atoms with E-state index in [4.69, 9.17) is 0 Å². The summed E-state index contributed by atoms with van der Waals surface area (Å²) in [6.45, 7) is 2.57. The van der Waals surface area contributed by atoms with Crippen molar-refractivity contribution in [3.05, 3.63) is 53.2 Å². The summed E-state index contributed by atoms with van der Waals surface area (Å²) in [6, 6.07) is 8.42. The number of benzene rings is 2. The molecule has 162 valence electrons. The largest absolute Gasteiger partial charge is 0.348 e.